The standard InChI is InChI=1S/C15H21N3O3/c1-11(19)3-8-14(20)18-12-4-6-13(7-5-12)21-15-16-9-2-10-17-15/h2,9-10,12-13H,3-8H2,1H3,(H,18,20). The number of ketones is 1. The Morgan fingerprint density at radius 1 is 1.19 bits per heavy atom. The van der Waals surface area contributed by atoms with Crippen LogP contribution in [0.3, 0.4) is 0 Å². The smallest absolute Gasteiger partial charge is 0.316 e. The lowest BCUT2D eigenvalue weighted by molar-refractivity contribution is -0.125. The molecule has 0 aliphatic heterocycles. The Morgan fingerprint density at radius 2 is 1.86 bits per heavy atom. The maximum absolute atomic E-state index is 11.7. The van der Waals surface area contributed by atoms with Crippen LogP contribution in [0, 0.1) is 0 Å². The van der Waals surface area contributed by atoms with E-state index in [1.807, 2.05) is 0 Å². The first-order chi connectivity index (χ1) is 10.1. The second-order valence-electron chi connectivity index (χ2n) is 5.39. The molecule has 1 heterocycles. The van der Waals surface area contributed by atoms with E-state index in [0.717, 1.165) is 25.7 Å². The lowest BCUT2D eigenvalue weighted by Gasteiger charge is -2.28. The molecule has 0 spiro atoms. The number of carbonyl (C=O) groups is 2. The van der Waals surface area contributed by atoms with Gasteiger partial charge in [0.05, 0.1) is 0 Å². The Balaban J connectivity index is 1.68. The van der Waals surface area contributed by atoms with Gasteiger partial charge >= 0.3 is 6.01 Å². The quantitative estimate of drug-likeness (QED) is 0.862. The van der Waals surface area contributed by atoms with E-state index in [9.17, 15) is 9.59 Å². The van der Waals surface area contributed by atoms with Gasteiger partial charge in [-0.3, -0.25) is 4.79 Å². The summed E-state index contributed by atoms with van der Waals surface area (Å²) in [6.07, 6.45) is 7.52. The number of aromatic nitrogens is 2. The second-order valence-corrected chi connectivity index (χ2v) is 5.39. The molecule has 1 aliphatic rings. The summed E-state index contributed by atoms with van der Waals surface area (Å²) in [5, 5.41) is 2.98. The van der Waals surface area contributed by atoms with Crippen LogP contribution in [0.1, 0.15) is 45.4 Å². The number of ether oxygens (including phenoxy) is 1. The van der Waals surface area contributed by atoms with Crippen LogP contribution in [0.25, 0.3) is 0 Å². The van der Waals surface area contributed by atoms with Gasteiger partial charge in [0.2, 0.25) is 5.91 Å². The molecular formula is C15H21N3O3. The molecule has 1 amide bonds. The van der Waals surface area contributed by atoms with Gasteiger partial charge in [0, 0.05) is 31.3 Å². The highest BCUT2D eigenvalue weighted by Gasteiger charge is 2.24. The molecule has 0 radical (unpaired) electrons. The van der Waals surface area contributed by atoms with E-state index in [4.69, 9.17) is 4.74 Å². The van der Waals surface area contributed by atoms with Gasteiger partial charge in [-0.05, 0) is 38.7 Å². The van der Waals surface area contributed by atoms with Crippen LogP contribution < -0.4 is 10.1 Å². The average molecular weight is 291 g/mol. The highest BCUT2D eigenvalue weighted by atomic mass is 16.5. The number of carbonyl (C=O) groups excluding carboxylic acids is 2. The molecule has 1 aromatic rings. The fourth-order valence-corrected chi connectivity index (χ4v) is 2.41. The van der Waals surface area contributed by atoms with Crippen molar-refractivity contribution in [2.45, 2.75) is 57.6 Å². The largest absolute Gasteiger partial charge is 0.460 e. The third kappa shape index (κ3) is 5.49. The summed E-state index contributed by atoms with van der Waals surface area (Å²) in [5.74, 6) is 0.00563. The molecule has 0 saturated heterocycles. The fourth-order valence-electron chi connectivity index (χ4n) is 2.41. The summed E-state index contributed by atoms with van der Waals surface area (Å²) < 4.78 is 5.71. The first kappa shape index (κ1) is 15.4. The van der Waals surface area contributed by atoms with Crippen LogP contribution >= 0.6 is 0 Å². The molecule has 0 atom stereocenters. The van der Waals surface area contributed by atoms with Gasteiger partial charge < -0.3 is 14.8 Å². The maximum atomic E-state index is 11.7. The van der Waals surface area contributed by atoms with E-state index in [1.54, 1.807) is 18.5 Å². The van der Waals surface area contributed by atoms with E-state index in [-0.39, 0.29) is 30.3 Å². The molecule has 0 unspecified atom stereocenters. The topological polar surface area (TPSA) is 81.2 Å². The molecule has 1 fully saturated rings. The third-order valence-corrected chi connectivity index (χ3v) is 3.56. The lowest BCUT2D eigenvalue weighted by atomic mass is 9.93. The molecule has 1 N–H and O–H groups in total. The fraction of sp³-hybridized carbons (Fsp3) is 0.600. The second kappa shape index (κ2) is 7.71. The highest BCUT2D eigenvalue weighted by molar-refractivity contribution is 5.83. The molecule has 0 aromatic carbocycles. The summed E-state index contributed by atoms with van der Waals surface area (Å²) >= 11 is 0. The van der Waals surface area contributed by atoms with Crippen molar-refractivity contribution in [2.24, 2.45) is 0 Å². The molecule has 1 saturated carbocycles. The Hall–Kier alpha value is -1.98. The number of hydrogen-bond acceptors (Lipinski definition) is 5. The summed E-state index contributed by atoms with van der Waals surface area (Å²) in [6, 6.07) is 2.34. The molecule has 6 nitrogen and oxygen atoms in total. The molecule has 21 heavy (non-hydrogen) atoms. The SMILES string of the molecule is CC(=O)CCC(=O)NC1CCC(Oc2ncccn2)CC1. The van der Waals surface area contributed by atoms with Gasteiger partial charge in [-0.1, -0.05) is 0 Å². The molecule has 1 aromatic heterocycles. The number of rotatable bonds is 6. The van der Waals surface area contributed by atoms with Crippen molar-refractivity contribution in [3.63, 3.8) is 0 Å². The van der Waals surface area contributed by atoms with Crippen LogP contribution in [-0.2, 0) is 9.59 Å². The monoisotopic (exact) mass is 291 g/mol. The molecule has 2 rings (SSSR count). The minimum Gasteiger partial charge on any atom is -0.460 e. The third-order valence-electron chi connectivity index (χ3n) is 3.56. The van der Waals surface area contributed by atoms with E-state index >= 15 is 0 Å². The highest BCUT2D eigenvalue weighted by Crippen LogP contribution is 2.22. The minimum atomic E-state index is -0.0408. The molecule has 0 bridgehead atoms. The summed E-state index contributed by atoms with van der Waals surface area (Å²) in [6.45, 7) is 1.50. The van der Waals surface area contributed by atoms with Gasteiger partial charge in [0.25, 0.3) is 0 Å². The van der Waals surface area contributed by atoms with E-state index in [0.29, 0.717) is 12.4 Å². The molecule has 114 valence electrons. The molecule has 1 aliphatic carbocycles. The predicted octanol–water partition coefficient (Wildman–Crippen LogP) is 1.65. The van der Waals surface area contributed by atoms with Crippen LogP contribution in [0.15, 0.2) is 18.5 Å². The first-order valence-corrected chi connectivity index (χ1v) is 7.36. The number of amides is 1. The van der Waals surface area contributed by atoms with E-state index in [1.165, 1.54) is 6.92 Å². The first-order valence-electron chi connectivity index (χ1n) is 7.36. The van der Waals surface area contributed by atoms with Crippen LogP contribution in [-0.4, -0.2) is 33.8 Å². The number of nitrogens with zero attached hydrogens (tertiary/aromatic N) is 2. The van der Waals surface area contributed by atoms with Gasteiger partial charge in [-0.25, -0.2) is 9.97 Å². The molecular weight excluding hydrogens is 270 g/mol. The van der Waals surface area contributed by atoms with Crippen LogP contribution in [0.4, 0.5) is 0 Å². The van der Waals surface area contributed by atoms with Gasteiger partial charge in [0.1, 0.15) is 11.9 Å². The van der Waals surface area contributed by atoms with Crippen molar-refractivity contribution in [3.8, 4) is 6.01 Å². The zero-order valence-corrected chi connectivity index (χ0v) is 12.2. The summed E-state index contributed by atoms with van der Waals surface area (Å²) in [4.78, 5) is 30.6. The average Bonchev–Trinajstić information content (AvgIpc) is 2.48. The molecule has 6 heteroatoms. The van der Waals surface area contributed by atoms with Gasteiger partial charge in [0.15, 0.2) is 0 Å². The van der Waals surface area contributed by atoms with Crippen molar-refractivity contribution in [1.82, 2.24) is 15.3 Å². The predicted molar refractivity (Wildman–Crippen MR) is 76.8 cm³/mol. The van der Waals surface area contributed by atoms with Gasteiger partial charge in [-0.2, -0.15) is 0 Å². The zero-order chi connectivity index (χ0) is 15.1. The van der Waals surface area contributed by atoms with Crippen molar-refractivity contribution in [1.29, 1.82) is 0 Å². The van der Waals surface area contributed by atoms with Crippen LogP contribution in [0.5, 0.6) is 6.01 Å². The number of hydrogen-bond donors (Lipinski definition) is 1. The van der Waals surface area contributed by atoms with Crippen molar-refractivity contribution in [3.05, 3.63) is 18.5 Å². The zero-order valence-electron chi connectivity index (χ0n) is 12.2. The Kier molecular flexibility index (Phi) is 5.66. The lowest BCUT2D eigenvalue weighted by Crippen LogP contribution is -2.39. The minimum absolute atomic E-state index is 0.0408. The van der Waals surface area contributed by atoms with Gasteiger partial charge in [-0.15, -0.1) is 0 Å². The number of Topliss-reactive ketones (excluding diaryl/α,β-unsaturated/α-hetero) is 1. The van der Waals surface area contributed by atoms with E-state index < -0.39 is 0 Å². The van der Waals surface area contributed by atoms with Crippen molar-refractivity contribution in [2.75, 3.05) is 0 Å². The van der Waals surface area contributed by atoms with E-state index in [2.05, 4.69) is 15.3 Å². The Morgan fingerprint density at radius 3 is 2.48 bits per heavy atom. The van der Waals surface area contributed by atoms with Crippen LogP contribution in [0.2, 0.25) is 0 Å². The summed E-state index contributed by atoms with van der Waals surface area (Å²) in [5.41, 5.74) is 0. The summed E-state index contributed by atoms with van der Waals surface area (Å²) in [7, 11) is 0. The Bertz CT molecular complexity index is 470. The maximum Gasteiger partial charge on any atom is 0.316 e. The van der Waals surface area contributed by atoms with Crippen molar-refractivity contribution < 1.29 is 14.3 Å². The normalized spacial score (nSPS) is 21.6. The van der Waals surface area contributed by atoms with Crippen molar-refractivity contribution >= 4 is 11.7 Å². The number of nitrogens with one attached hydrogen (secondary N) is 1. The Labute approximate surface area is 124 Å².